The van der Waals surface area contributed by atoms with Crippen LogP contribution in [0.25, 0.3) is 11.0 Å². The molecule has 0 spiro atoms. The lowest BCUT2D eigenvalue weighted by Gasteiger charge is -2.06. The predicted molar refractivity (Wildman–Crippen MR) is 74.7 cm³/mol. The fourth-order valence-electron chi connectivity index (χ4n) is 1.65. The molecule has 0 fully saturated rings. The van der Waals surface area contributed by atoms with Gasteiger partial charge in [0.15, 0.2) is 5.16 Å². The number of hydrogen-bond donors (Lipinski definition) is 1. The summed E-state index contributed by atoms with van der Waals surface area (Å²) in [6.45, 7) is 3.24. The average Bonchev–Trinajstić information content (AvgIpc) is 2.69. The lowest BCUT2D eigenvalue weighted by atomic mass is 10.1. The number of aromatic nitrogens is 2. The van der Waals surface area contributed by atoms with Crippen molar-refractivity contribution in [3.05, 3.63) is 23.8 Å². The second kappa shape index (κ2) is 5.56. The van der Waals surface area contributed by atoms with E-state index >= 15 is 0 Å². The number of benzene rings is 1. The lowest BCUT2D eigenvalue weighted by Crippen LogP contribution is -2.14. The Morgan fingerprint density at radius 3 is 2.88 bits per heavy atom. The van der Waals surface area contributed by atoms with Crippen LogP contribution in [0.3, 0.4) is 0 Å². The van der Waals surface area contributed by atoms with Gasteiger partial charge in [-0.25, -0.2) is 4.98 Å². The maximum atomic E-state index is 4.57. The Labute approximate surface area is 107 Å². The van der Waals surface area contributed by atoms with Gasteiger partial charge in [0, 0.05) is 12.3 Å². The van der Waals surface area contributed by atoms with Crippen LogP contribution in [0.2, 0.25) is 0 Å². The number of fused-ring (bicyclic) bond motifs is 1. The van der Waals surface area contributed by atoms with Crippen molar-refractivity contribution in [3.8, 4) is 0 Å². The molecule has 92 valence electrons. The van der Waals surface area contributed by atoms with Crippen molar-refractivity contribution < 1.29 is 0 Å². The zero-order valence-corrected chi connectivity index (χ0v) is 11.5. The third-order valence-electron chi connectivity index (χ3n) is 2.71. The molecule has 3 nitrogen and oxygen atoms in total. The van der Waals surface area contributed by atoms with Crippen LogP contribution in [0.15, 0.2) is 23.4 Å². The Balaban J connectivity index is 2.09. The van der Waals surface area contributed by atoms with Crippen LogP contribution >= 0.6 is 11.8 Å². The summed E-state index contributed by atoms with van der Waals surface area (Å²) in [4.78, 5) is 10.1. The summed E-state index contributed by atoms with van der Waals surface area (Å²) in [6.07, 6.45) is 1.07. The van der Waals surface area contributed by atoms with Crippen LogP contribution in [0.1, 0.15) is 12.5 Å². The number of imidazole rings is 1. The van der Waals surface area contributed by atoms with Crippen LogP contribution in [0.4, 0.5) is 0 Å². The number of H-pyrrole nitrogens is 1. The molecule has 0 bridgehead atoms. The van der Waals surface area contributed by atoms with Crippen molar-refractivity contribution in [2.45, 2.75) is 18.5 Å². The fourth-order valence-corrected chi connectivity index (χ4v) is 2.64. The standard InChI is InChI=1S/C13H19N3S/c1-4-10-5-6-11-12(9-10)15-13(14-11)17-8-7-16(2)3/h5-6,9H,4,7-8H2,1-3H3,(H,14,15). The Kier molecular flexibility index (Phi) is 4.07. The maximum absolute atomic E-state index is 4.57. The van der Waals surface area contributed by atoms with E-state index < -0.39 is 0 Å². The molecular weight excluding hydrogens is 230 g/mol. The van der Waals surface area contributed by atoms with Gasteiger partial charge in [0.05, 0.1) is 11.0 Å². The molecule has 0 saturated heterocycles. The monoisotopic (exact) mass is 249 g/mol. The smallest absolute Gasteiger partial charge is 0.166 e. The number of aromatic amines is 1. The number of nitrogens with one attached hydrogen (secondary N) is 1. The van der Waals surface area contributed by atoms with Gasteiger partial charge in [0.1, 0.15) is 0 Å². The van der Waals surface area contributed by atoms with E-state index in [1.807, 2.05) is 0 Å². The van der Waals surface area contributed by atoms with Gasteiger partial charge in [-0.3, -0.25) is 0 Å². The highest BCUT2D eigenvalue weighted by Crippen LogP contribution is 2.20. The van der Waals surface area contributed by atoms with Gasteiger partial charge < -0.3 is 9.88 Å². The Bertz CT molecular complexity index is 490. The van der Waals surface area contributed by atoms with E-state index in [0.29, 0.717) is 0 Å². The van der Waals surface area contributed by atoms with Crippen molar-refractivity contribution >= 4 is 22.8 Å². The van der Waals surface area contributed by atoms with Gasteiger partial charge in [-0.2, -0.15) is 0 Å². The van der Waals surface area contributed by atoms with Gasteiger partial charge in [-0.15, -0.1) is 0 Å². The Hall–Kier alpha value is -1.00. The molecule has 1 aromatic carbocycles. The van der Waals surface area contributed by atoms with E-state index in [-0.39, 0.29) is 0 Å². The average molecular weight is 249 g/mol. The fraction of sp³-hybridized carbons (Fsp3) is 0.462. The number of rotatable bonds is 5. The maximum Gasteiger partial charge on any atom is 0.166 e. The van der Waals surface area contributed by atoms with Gasteiger partial charge >= 0.3 is 0 Å². The number of thioether (sulfide) groups is 1. The molecule has 0 aliphatic heterocycles. The minimum Gasteiger partial charge on any atom is -0.333 e. The first-order chi connectivity index (χ1) is 8.19. The quantitative estimate of drug-likeness (QED) is 0.827. The van der Waals surface area contributed by atoms with Crippen molar-refractivity contribution in [3.63, 3.8) is 0 Å². The summed E-state index contributed by atoms with van der Waals surface area (Å²) in [7, 11) is 4.18. The molecule has 2 aromatic rings. The number of aryl methyl sites for hydroxylation is 1. The molecule has 0 unspecified atom stereocenters. The van der Waals surface area contributed by atoms with E-state index in [1.165, 1.54) is 5.56 Å². The summed E-state index contributed by atoms with van der Waals surface area (Å²) >= 11 is 1.78. The Morgan fingerprint density at radius 2 is 2.18 bits per heavy atom. The van der Waals surface area contributed by atoms with E-state index in [1.54, 1.807) is 11.8 Å². The summed E-state index contributed by atoms with van der Waals surface area (Å²) in [6, 6.07) is 6.44. The molecule has 0 amide bonds. The summed E-state index contributed by atoms with van der Waals surface area (Å²) < 4.78 is 0. The Morgan fingerprint density at radius 1 is 1.35 bits per heavy atom. The highest BCUT2D eigenvalue weighted by atomic mass is 32.2. The molecule has 0 radical (unpaired) electrons. The van der Waals surface area contributed by atoms with E-state index in [9.17, 15) is 0 Å². The molecule has 17 heavy (non-hydrogen) atoms. The highest BCUT2D eigenvalue weighted by Gasteiger charge is 2.03. The third-order valence-corrected chi connectivity index (χ3v) is 3.56. The van der Waals surface area contributed by atoms with Crippen LogP contribution in [0.5, 0.6) is 0 Å². The number of hydrogen-bond acceptors (Lipinski definition) is 3. The summed E-state index contributed by atoms with van der Waals surface area (Å²) in [5.74, 6) is 1.06. The van der Waals surface area contributed by atoms with Crippen LogP contribution < -0.4 is 0 Å². The predicted octanol–water partition coefficient (Wildman–Crippen LogP) is 2.78. The normalized spacial score (nSPS) is 11.5. The van der Waals surface area contributed by atoms with E-state index in [0.717, 1.165) is 34.9 Å². The van der Waals surface area contributed by atoms with E-state index in [4.69, 9.17) is 0 Å². The molecule has 2 rings (SSSR count). The first-order valence-electron chi connectivity index (χ1n) is 5.95. The van der Waals surface area contributed by atoms with Gasteiger partial charge in [-0.05, 0) is 38.2 Å². The summed E-state index contributed by atoms with van der Waals surface area (Å²) in [5.41, 5.74) is 3.57. The SMILES string of the molecule is CCc1ccc2nc(SCCN(C)C)[nH]c2c1. The van der Waals surface area contributed by atoms with Gasteiger partial charge in [0.25, 0.3) is 0 Å². The van der Waals surface area contributed by atoms with Gasteiger partial charge in [0.2, 0.25) is 0 Å². The molecule has 0 saturated carbocycles. The minimum absolute atomic E-state index is 1.02. The first-order valence-corrected chi connectivity index (χ1v) is 6.93. The van der Waals surface area contributed by atoms with Crippen molar-refractivity contribution in [1.82, 2.24) is 14.9 Å². The number of nitrogens with zero attached hydrogens (tertiary/aromatic N) is 2. The second-order valence-corrected chi connectivity index (χ2v) is 5.48. The summed E-state index contributed by atoms with van der Waals surface area (Å²) in [5, 5.41) is 1.02. The van der Waals surface area contributed by atoms with Crippen molar-refractivity contribution in [2.24, 2.45) is 0 Å². The van der Waals surface area contributed by atoms with Crippen molar-refractivity contribution in [2.75, 3.05) is 26.4 Å². The topological polar surface area (TPSA) is 31.9 Å². The zero-order valence-electron chi connectivity index (χ0n) is 10.7. The molecule has 0 aliphatic rings. The van der Waals surface area contributed by atoms with Crippen LogP contribution in [-0.4, -0.2) is 41.3 Å². The minimum atomic E-state index is 1.02. The van der Waals surface area contributed by atoms with Gasteiger partial charge in [-0.1, -0.05) is 24.8 Å². The highest BCUT2D eigenvalue weighted by molar-refractivity contribution is 7.99. The lowest BCUT2D eigenvalue weighted by molar-refractivity contribution is 0.437. The largest absolute Gasteiger partial charge is 0.333 e. The van der Waals surface area contributed by atoms with Crippen LogP contribution in [0, 0.1) is 0 Å². The molecule has 1 aromatic heterocycles. The molecule has 0 aliphatic carbocycles. The molecule has 4 heteroatoms. The molecule has 1 N–H and O–H groups in total. The third kappa shape index (κ3) is 3.23. The zero-order chi connectivity index (χ0) is 12.3. The van der Waals surface area contributed by atoms with Crippen LogP contribution in [-0.2, 0) is 6.42 Å². The first kappa shape index (κ1) is 12.5. The van der Waals surface area contributed by atoms with E-state index in [2.05, 4.69) is 54.1 Å². The van der Waals surface area contributed by atoms with Crippen molar-refractivity contribution in [1.29, 1.82) is 0 Å². The molecular formula is C13H19N3S. The second-order valence-electron chi connectivity index (χ2n) is 4.40. The molecule has 1 heterocycles. The molecule has 0 atom stereocenters.